The second-order valence-electron chi connectivity index (χ2n) is 5.47. The molecule has 6 nitrogen and oxygen atoms in total. The van der Waals surface area contributed by atoms with Crippen molar-refractivity contribution in [2.45, 2.75) is 18.9 Å². The van der Waals surface area contributed by atoms with Crippen molar-refractivity contribution >= 4 is 17.3 Å². The molecule has 1 aliphatic rings. The van der Waals surface area contributed by atoms with Crippen LogP contribution in [0, 0.1) is 0 Å². The van der Waals surface area contributed by atoms with E-state index >= 15 is 0 Å². The van der Waals surface area contributed by atoms with E-state index in [9.17, 15) is 9.90 Å². The molecule has 0 bridgehead atoms. The molecule has 1 amide bonds. The molecule has 1 aromatic carbocycles. The summed E-state index contributed by atoms with van der Waals surface area (Å²) in [6.45, 7) is 3.27. The predicted octanol–water partition coefficient (Wildman–Crippen LogP) is 0.673. The predicted molar refractivity (Wildman–Crippen MR) is 77.7 cm³/mol. The molecule has 0 radical (unpaired) electrons. The number of likely N-dealkylation sites (tertiary alicyclic amines) is 1. The summed E-state index contributed by atoms with van der Waals surface area (Å²) in [4.78, 5) is 13.9. The van der Waals surface area contributed by atoms with Crippen molar-refractivity contribution in [3.05, 3.63) is 18.2 Å². The Morgan fingerprint density at radius 2 is 2.35 bits per heavy atom. The van der Waals surface area contributed by atoms with E-state index in [4.69, 9.17) is 10.5 Å². The summed E-state index contributed by atoms with van der Waals surface area (Å²) < 4.78 is 5.18. The van der Waals surface area contributed by atoms with Crippen molar-refractivity contribution < 1.29 is 14.6 Å². The van der Waals surface area contributed by atoms with Gasteiger partial charge in [0.15, 0.2) is 0 Å². The first-order valence-corrected chi connectivity index (χ1v) is 6.58. The zero-order valence-electron chi connectivity index (χ0n) is 11.8. The fourth-order valence-electron chi connectivity index (χ4n) is 2.38. The summed E-state index contributed by atoms with van der Waals surface area (Å²) in [5.74, 6) is 0.400. The average molecular weight is 279 g/mol. The monoisotopic (exact) mass is 279 g/mol. The smallest absolute Gasteiger partial charge is 0.238 e. The lowest BCUT2D eigenvalue weighted by Gasteiger charge is -2.18. The molecule has 1 aliphatic heterocycles. The lowest BCUT2D eigenvalue weighted by molar-refractivity contribution is -0.117. The Morgan fingerprint density at radius 1 is 1.60 bits per heavy atom. The van der Waals surface area contributed by atoms with Gasteiger partial charge in [-0.1, -0.05) is 0 Å². The van der Waals surface area contributed by atoms with Crippen molar-refractivity contribution in [1.82, 2.24) is 4.90 Å². The molecule has 110 valence electrons. The van der Waals surface area contributed by atoms with E-state index in [-0.39, 0.29) is 12.5 Å². The maximum Gasteiger partial charge on any atom is 0.238 e. The molecule has 1 heterocycles. The molecule has 2 rings (SSSR count). The third kappa shape index (κ3) is 3.61. The maximum absolute atomic E-state index is 12.0. The highest BCUT2D eigenvalue weighted by Crippen LogP contribution is 2.26. The van der Waals surface area contributed by atoms with Crippen LogP contribution in [0.15, 0.2) is 18.2 Å². The van der Waals surface area contributed by atoms with Gasteiger partial charge in [-0.25, -0.2) is 0 Å². The molecule has 1 atom stereocenters. The molecule has 1 fully saturated rings. The number of rotatable bonds is 4. The number of benzene rings is 1. The number of hydrogen-bond donors (Lipinski definition) is 3. The Bertz CT molecular complexity index is 502. The minimum atomic E-state index is -0.695. The Hall–Kier alpha value is -1.79. The van der Waals surface area contributed by atoms with Gasteiger partial charge in [-0.05, 0) is 25.5 Å². The van der Waals surface area contributed by atoms with Crippen LogP contribution in [0.5, 0.6) is 5.75 Å². The molecular weight excluding hydrogens is 258 g/mol. The molecule has 0 saturated carbocycles. The Balaban J connectivity index is 1.95. The molecule has 1 unspecified atom stereocenters. The highest BCUT2D eigenvalue weighted by atomic mass is 16.5. The second kappa shape index (κ2) is 5.68. The normalized spacial score (nSPS) is 22.8. The summed E-state index contributed by atoms with van der Waals surface area (Å²) >= 11 is 0. The van der Waals surface area contributed by atoms with Gasteiger partial charge in [0.25, 0.3) is 0 Å². The van der Waals surface area contributed by atoms with Gasteiger partial charge in [-0.15, -0.1) is 0 Å². The van der Waals surface area contributed by atoms with E-state index in [0.29, 0.717) is 30.1 Å². The number of anilines is 2. The van der Waals surface area contributed by atoms with Crippen LogP contribution in [-0.4, -0.2) is 48.3 Å². The third-order valence-corrected chi connectivity index (χ3v) is 3.40. The molecule has 0 aliphatic carbocycles. The summed E-state index contributed by atoms with van der Waals surface area (Å²) in [5.41, 5.74) is 6.15. The number of nitrogen functional groups attached to an aromatic ring is 1. The first kappa shape index (κ1) is 14.6. The van der Waals surface area contributed by atoms with E-state index in [2.05, 4.69) is 5.32 Å². The van der Waals surface area contributed by atoms with Gasteiger partial charge in [0.2, 0.25) is 5.91 Å². The maximum atomic E-state index is 12.0. The van der Waals surface area contributed by atoms with Crippen LogP contribution in [0.1, 0.15) is 13.3 Å². The number of carbonyl (C=O) groups is 1. The highest BCUT2D eigenvalue weighted by Gasteiger charge is 2.32. The molecule has 1 saturated heterocycles. The number of nitrogens with zero attached hydrogens (tertiary/aromatic N) is 1. The van der Waals surface area contributed by atoms with Gasteiger partial charge in [-0.3, -0.25) is 9.69 Å². The van der Waals surface area contributed by atoms with Gasteiger partial charge in [-0.2, -0.15) is 0 Å². The van der Waals surface area contributed by atoms with Gasteiger partial charge in [0, 0.05) is 24.8 Å². The Kier molecular flexibility index (Phi) is 4.15. The largest absolute Gasteiger partial charge is 0.494 e. The van der Waals surface area contributed by atoms with E-state index in [1.165, 1.54) is 7.11 Å². The van der Waals surface area contributed by atoms with E-state index in [0.717, 1.165) is 6.54 Å². The van der Waals surface area contributed by atoms with Gasteiger partial charge >= 0.3 is 0 Å². The van der Waals surface area contributed by atoms with Crippen LogP contribution in [0.3, 0.4) is 0 Å². The van der Waals surface area contributed by atoms with Gasteiger partial charge in [0.1, 0.15) is 5.75 Å². The topological polar surface area (TPSA) is 87.8 Å². The van der Waals surface area contributed by atoms with Crippen LogP contribution in [-0.2, 0) is 4.79 Å². The molecule has 20 heavy (non-hydrogen) atoms. The summed E-state index contributed by atoms with van der Waals surface area (Å²) in [5, 5.41) is 12.7. The highest BCUT2D eigenvalue weighted by molar-refractivity contribution is 5.94. The molecule has 6 heteroatoms. The number of aliphatic hydroxyl groups is 1. The zero-order valence-corrected chi connectivity index (χ0v) is 11.8. The summed E-state index contributed by atoms with van der Waals surface area (Å²) in [7, 11) is 1.53. The SMILES string of the molecule is COc1cc(N)ccc1NC(=O)CN1CCC(C)(O)C1. The lowest BCUT2D eigenvalue weighted by Crippen LogP contribution is -2.35. The van der Waals surface area contributed by atoms with Gasteiger partial charge in [0.05, 0.1) is 24.9 Å². The third-order valence-electron chi connectivity index (χ3n) is 3.40. The van der Waals surface area contributed by atoms with Crippen LogP contribution >= 0.6 is 0 Å². The van der Waals surface area contributed by atoms with Gasteiger partial charge < -0.3 is 20.9 Å². The van der Waals surface area contributed by atoms with E-state index in [1.54, 1.807) is 25.1 Å². The van der Waals surface area contributed by atoms with Crippen LogP contribution in [0.25, 0.3) is 0 Å². The van der Waals surface area contributed by atoms with Crippen LogP contribution in [0.4, 0.5) is 11.4 Å². The number of carbonyl (C=O) groups excluding carboxylic acids is 1. The molecule has 1 aromatic rings. The standard InChI is InChI=1S/C14H21N3O3/c1-14(19)5-6-17(9-14)8-13(18)16-11-4-3-10(15)7-12(11)20-2/h3-4,7,19H,5-6,8-9,15H2,1-2H3,(H,16,18). The van der Waals surface area contributed by atoms with E-state index in [1.807, 2.05) is 4.90 Å². The molecule has 4 N–H and O–H groups in total. The first-order chi connectivity index (χ1) is 9.39. The summed E-state index contributed by atoms with van der Waals surface area (Å²) in [6.07, 6.45) is 0.686. The minimum Gasteiger partial charge on any atom is -0.494 e. The number of hydrogen-bond acceptors (Lipinski definition) is 5. The number of methoxy groups -OCH3 is 1. The number of nitrogens with two attached hydrogens (primary N) is 1. The van der Waals surface area contributed by atoms with Crippen molar-refractivity contribution in [2.75, 3.05) is 37.8 Å². The van der Waals surface area contributed by atoms with Crippen molar-refractivity contribution in [3.63, 3.8) is 0 Å². The quantitative estimate of drug-likeness (QED) is 0.705. The molecule has 0 spiro atoms. The second-order valence-corrected chi connectivity index (χ2v) is 5.47. The number of β-amino-alcohol motifs (C(OH)–C–C–N with tert-alkyl or cyclic N) is 1. The minimum absolute atomic E-state index is 0.134. The first-order valence-electron chi connectivity index (χ1n) is 6.58. The van der Waals surface area contributed by atoms with E-state index < -0.39 is 5.60 Å². The van der Waals surface area contributed by atoms with Crippen LogP contribution < -0.4 is 15.8 Å². The lowest BCUT2D eigenvalue weighted by atomic mass is 10.1. The average Bonchev–Trinajstić information content (AvgIpc) is 2.70. The van der Waals surface area contributed by atoms with Crippen molar-refractivity contribution in [3.8, 4) is 5.75 Å². The summed E-state index contributed by atoms with van der Waals surface area (Å²) in [6, 6.07) is 5.08. The van der Waals surface area contributed by atoms with Crippen molar-refractivity contribution in [1.29, 1.82) is 0 Å². The van der Waals surface area contributed by atoms with Crippen LogP contribution in [0.2, 0.25) is 0 Å². The molecular formula is C14H21N3O3. The number of ether oxygens (including phenoxy) is 1. The Morgan fingerprint density at radius 3 is 2.95 bits per heavy atom. The fourth-order valence-corrected chi connectivity index (χ4v) is 2.38. The Labute approximate surface area is 118 Å². The number of nitrogens with one attached hydrogen (secondary N) is 1. The zero-order chi connectivity index (χ0) is 14.8. The number of amides is 1. The van der Waals surface area contributed by atoms with Crippen molar-refractivity contribution in [2.24, 2.45) is 0 Å². The molecule has 0 aromatic heterocycles. The fraction of sp³-hybridized carbons (Fsp3) is 0.500.